The number of halogens is 1. The highest BCUT2D eigenvalue weighted by Crippen LogP contribution is 2.39. The average molecular weight is 602 g/mol. The summed E-state index contributed by atoms with van der Waals surface area (Å²) < 4.78 is 8.57. The highest BCUT2D eigenvalue weighted by molar-refractivity contribution is 6.30. The number of ether oxygens (including phenoxy) is 1. The van der Waals surface area contributed by atoms with E-state index in [-0.39, 0.29) is 12.1 Å². The Kier molecular flexibility index (Phi) is 7.67. The summed E-state index contributed by atoms with van der Waals surface area (Å²) in [6, 6.07) is 14.3. The van der Waals surface area contributed by atoms with Crippen LogP contribution in [-0.2, 0) is 16.1 Å². The van der Waals surface area contributed by atoms with Crippen LogP contribution in [0.2, 0.25) is 5.02 Å². The second-order valence-electron chi connectivity index (χ2n) is 12.1. The summed E-state index contributed by atoms with van der Waals surface area (Å²) in [6.45, 7) is 6.56. The molecule has 3 aliphatic rings. The molecule has 2 saturated heterocycles. The van der Waals surface area contributed by atoms with E-state index >= 15 is 0 Å². The van der Waals surface area contributed by atoms with E-state index in [1.54, 1.807) is 12.4 Å². The summed E-state index contributed by atoms with van der Waals surface area (Å²) in [5.41, 5.74) is 7.73. The molecule has 3 fully saturated rings. The molecule has 3 atom stereocenters. The van der Waals surface area contributed by atoms with Crippen LogP contribution in [0.25, 0.3) is 22.3 Å². The number of carbonyl (C=O) groups excluding carboxylic acids is 1. The first-order valence-corrected chi connectivity index (χ1v) is 15.5. The second kappa shape index (κ2) is 11.7. The van der Waals surface area contributed by atoms with Crippen LogP contribution in [0.15, 0.2) is 54.9 Å². The third-order valence-corrected chi connectivity index (χ3v) is 9.12. The molecule has 224 valence electrons. The molecule has 1 aromatic carbocycles. The molecule has 1 aliphatic carbocycles. The maximum absolute atomic E-state index is 11.9. The van der Waals surface area contributed by atoms with Crippen molar-refractivity contribution in [2.24, 2.45) is 11.8 Å². The number of carbonyl (C=O) groups is 1. The van der Waals surface area contributed by atoms with Crippen LogP contribution < -0.4 is 15.7 Å². The van der Waals surface area contributed by atoms with Gasteiger partial charge in [-0.3, -0.25) is 10.3 Å². The molecule has 5 heterocycles. The van der Waals surface area contributed by atoms with Crippen molar-refractivity contribution in [3.63, 3.8) is 0 Å². The first-order valence-electron chi connectivity index (χ1n) is 15.1. The minimum Gasteiger partial charge on any atom is -0.374 e. The molecule has 43 heavy (non-hydrogen) atoms. The third kappa shape index (κ3) is 5.67. The number of hydrogen-bond donors (Lipinski definition) is 2. The van der Waals surface area contributed by atoms with E-state index in [1.807, 2.05) is 18.2 Å². The lowest BCUT2D eigenvalue weighted by molar-refractivity contribution is 0.0293. The zero-order valence-corrected chi connectivity index (χ0v) is 25.1. The van der Waals surface area contributed by atoms with Crippen LogP contribution in [0.5, 0.6) is 0 Å². The number of fused-ring (bicyclic) bond motifs is 1. The Hall–Kier alpha value is -3.73. The predicted molar refractivity (Wildman–Crippen MR) is 164 cm³/mol. The van der Waals surface area contributed by atoms with Gasteiger partial charge in [0, 0.05) is 31.0 Å². The highest BCUT2D eigenvalue weighted by atomic mass is 35.5. The number of benzene rings is 1. The Morgan fingerprint density at radius 1 is 1.05 bits per heavy atom. The fraction of sp³-hybridized carbons (Fsp3) is 0.438. The van der Waals surface area contributed by atoms with E-state index in [0.29, 0.717) is 35.5 Å². The quantitative estimate of drug-likeness (QED) is 0.270. The lowest BCUT2D eigenvalue weighted by atomic mass is 9.83. The van der Waals surface area contributed by atoms with Gasteiger partial charge in [0.2, 0.25) is 5.95 Å². The lowest BCUT2D eigenvalue weighted by Crippen LogP contribution is -2.45. The monoisotopic (exact) mass is 601 g/mol. The number of anilines is 1. The Labute approximate surface area is 255 Å². The Bertz CT molecular complexity index is 1620. The van der Waals surface area contributed by atoms with Crippen molar-refractivity contribution in [2.45, 2.75) is 64.4 Å². The van der Waals surface area contributed by atoms with Crippen LogP contribution in [0, 0.1) is 11.8 Å². The molecular weight excluding hydrogens is 566 g/mol. The van der Waals surface area contributed by atoms with E-state index in [1.165, 1.54) is 31.2 Å². The number of nitrogens with one attached hydrogen (secondary N) is 2. The van der Waals surface area contributed by atoms with Crippen molar-refractivity contribution in [3.05, 3.63) is 71.1 Å². The third-order valence-electron chi connectivity index (χ3n) is 8.92. The number of morpholine rings is 1. The second-order valence-corrected chi connectivity index (χ2v) is 12.5. The van der Waals surface area contributed by atoms with Gasteiger partial charge in [-0.1, -0.05) is 61.7 Å². The van der Waals surface area contributed by atoms with Crippen molar-refractivity contribution in [3.8, 4) is 11.3 Å². The first kappa shape index (κ1) is 28.1. The van der Waals surface area contributed by atoms with E-state index in [0.717, 1.165) is 35.0 Å². The summed E-state index contributed by atoms with van der Waals surface area (Å²) in [6.07, 6.45) is 7.09. The minimum atomic E-state index is -0.614. The summed E-state index contributed by atoms with van der Waals surface area (Å²) in [5, 5.41) is 3.30. The average Bonchev–Trinajstić information content (AvgIpc) is 3.61. The maximum Gasteiger partial charge on any atom is 0.427 e. The summed E-state index contributed by atoms with van der Waals surface area (Å²) >= 11 is 6.45. The number of aromatic nitrogens is 4. The van der Waals surface area contributed by atoms with Crippen LogP contribution in [0.1, 0.15) is 63.0 Å². The number of pyridine rings is 2. The van der Waals surface area contributed by atoms with Gasteiger partial charge in [0.25, 0.3) is 0 Å². The standard InChI is InChI=1S/C32H36ClN7O3/c1-19-8-10-21(11-9-19)17-40-29-25(36-31(40)39-16-20(2)42-18-27(39)22-6-4-3-5-7-22)13-26(30-37-32(41)43-38-30)35-28(29)23-12-24(33)15-34-14-23/h3-7,12-15,19-21,27,30,38H,8-11,16-18H2,1-2H3,(H,37,41). The fourth-order valence-corrected chi connectivity index (χ4v) is 6.79. The molecule has 0 radical (unpaired) electrons. The van der Waals surface area contributed by atoms with Gasteiger partial charge in [0.15, 0.2) is 6.17 Å². The SMILES string of the molecule is CC1CCC(Cn2c(N3CC(C)OCC3c3ccccc3)nc3cc(C4NOC(=O)N4)nc(-c4cncc(Cl)c4)c32)CC1. The van der Waals surface area contributed by atoms with E-state index in [2.05, 4.69) is 63.4 Å². The molecule has 11 heteroatoms. The molecule has 3 unspecified atom stereocenters. The van der Waals surface area contributed by atoms with Gasteiger partial charge in [-0.25, -0.2) is 14.8 Å². The smallest absolute Gasteiger partial charge is 0.374 e. The van der Waals surface area contributed by atoms with Gasteiger partial charge >= 0.3 is 6.09 Å². The molecule has 0 spiro atoms. The minimum absolute atomic E-state index is 0.00671. The molecule has 7 rings (SSSR count). The zero-order valence-electron chi connectivity index (χ0n) is 24.4. The molecular formula is C32H36ClN7O3. The number of amides is 1. The first-order chi connectivity index (χ1) is 20.9. The number of rotatable bonds is 6. The van der Waals surface area contributed by atoms with Gasteiger partial charge in [-0.05, 0) is 49.3 Å². The molecule has 10 nitrogen and oxygen atoms in total. The van der Waals surface area contributed by atoms with Gasteiger partial charge in [0.1, 0.15) is 0 Å². The molecule has 3 aromatic heterocycles. The van der Waals surface area contributed by atoms with E-state index in [4.69, 9.17) is 31.1 Å². The highest BCUT2D eigenvalue weighted by Gasteiger charge is 2.34. The van der Waals surface area contributed by atoms with Crippen molar-refractivity contribution >= 4 is 34.7 Å². The molecule has 1 amide bonds. The van der Waals surface area contributed by atoms with Crippen molar-refractivity contribution in [1.29, 1.82) is 0 Å². The Balaban J connectivity index is 1.43. The van der Waals surface area contributed by atoms with Gasteiger partial charge in [-0.2, -0.15) is 0 Å². The van der Waals surface area contributed by atoms with E-state index < -0.39 is 12.3 Å². The molecule has 1 saturated carbocycles. The number of hydroxylamine groups is 1. The zero-order chi connectivity index (χ0) is 29.5. The Morgan fingerprint density at radius 3 is 2.60 bits per heavy atom. The molecule has 2 N–H and O–H groups in total. The van der Waals surface area contributed by atoms with E-state index in [9.17, 15) is 4.79 Å². The van der Waals surface area contributed by atoms with Gasteiger partial charge in [-0.15, -0.1) is 5.48 Å². The number of nitrogens with zero attached hydrogens (tertiary/aromatic N) is 5. The Morgan fingerprint density at radius 2 is 1.86 bits per heavy atom. The lowest BCUT2D eigenvalue weighted by Gasteiger charge is -2.40. The van der Waals surface area contributed by atoms with Crippen molar-refractivity contribution < 1.29 is 14.4 Å². The summed E-state index contributed by atoms with van der Waals surface area (Å²) in [5.74, 6) is 2.18. The van der Waals surface area contributed by atoms with Crippen molar-refractivity contribution in [1.82, 2.24) is 30.3 Å². The normalized spacial score (nSPS) is 26.0. The largest absolute Gasteiger partial charge is 0.427 e. The van der Waals surface area contributed by atoms with Crippen LogP contribution in [0.4, 0.5) is 10.7 Å². The summed E-state index contributed by atoms with van der Waals surface area (Å²) in [7, 11) is 0. The molecule has 2 aliphatic heterocycles. The van der Waals surface area contributed by atoms with Crippen molar-refractivity contribution in [2.75, 3.05) is 18.1 Å². The predicted octanol–water partition coefficient (Wildman–Crippen LogP) is 6.18. The van der Waals surface area contributed by atoms with Crippen LogP contribution >= 0.6 is 11.6 Å². The van der Waals surface area contributed by atoms with Gasteiger partial charge < -0.3 is 19.0 Å². The van der Waals surface area contributed by atoms with Crippen LogP contribution in [0.3, 0.4) is 0 Å². The maximum atomic E-state index is 11.9. The fourth-order valence-electron chi connectivity index (χ4n) is 6.61. The molecule has 0 bridgehead atoms. The number of hydrogen-bond acceptors (Lipinski definition) is 8. The topological polar surface area (TPSA) is 106 Å². The van der Waals surface area contributed by atoms with Crippen LogP contribution in [-0.4, -0.2) is 44.9 Å². The van der Waals surface area contributed by atoms with Gasteiger partial charge in [0.05, 0.1) is 46.2 Å². The molecule has 4 aromatic rings. The summed E-state index contributed by atoms with van der Waals surface area (Å²) in [4.78, 5) is 34.1. The number of imidazole rings is 1.